The van der Waals surface area contributed by atoms with Gasteiger partial charge in [-0.3, -0.25) is 4.79 Å². The van der Waals surface area contributed by atoms with E-state index in [1.165, 1.54) is 0 Å². The Morgan fingerprint density at radius 1 is 1.38 bits per heavy atom. The average Bonchev–Trinajstić information content (AvgIpc) is 3.13. The number of benzene rings is 1. The highest BCUT2D eigenvalue weighted by atomic mass is 35.5. The Hall–Kier alpha value is -2.05. The van der Waals surface area contributed by atoms with Crippen LogP contribution >= 0.6 is 23.2 Å². The van der Waals surface area contributed by atoms with Crippen molar-refractivity contribution in [3.63, 3.8) is 0 Å². The van der Waals surface area contributed by atoms with Crippen LogP contribution in [0.2, 0.25) is 10.0 Å². The molecule has 126 valence electrons. The number of rotatable bonds is 4. The molecule has 1 unspecified atom stereocenters. The van der Waals surface area contributed by atoms with Crippen LogP contribution in [0.3, 0.4) is 0 Å². The molecule has 0 fully saturated rings. The number of aryl methyl sites for hydroxylation is 2. The number of nitrogens with one attached hydrogen (secondary N) is 1. The first kappa shape index (κ1) is 16.8. The quantitative estimate of drug-likeness (QED) is 0.897. The van der Waals surface area contributed by atoms with E-state index in [1.807, 2.05) is 6.92 Å². The molecule has 1 amide bonds. The second-order valence-corrected chi connectivity index (χ2v) is 6.32. The highest BCUT2D eigenvalue weighted by Crippen LogP contribution is 2.26. The Kier molecular flexibility index (Phi) is 4.78. The van der Waals surface area contributed by atoms with Crippen molar-refractivity contribution in [2.75, 3.05) is 0 Å². The molecule has 0 aliphatic carbocycles. The monoisotopic (exact) mass is 367 g/mol. The third-order valence-electron chi connectivity index (χ3n) is 3.82. The minimum atomic E-state index is -0.688. The number of hydrogen-bond donors (Lipinski definition) is 1. The lowest BCUT2D eigenvalue weighted by atomic mass is 10.0. The Morgan fingerprint density at radius 3 is 2.83 bits per heavy atom. The molecule has 2 heterocycles. The highest BCUT2D eigenvalue weighted by Gasteiger charge is 2.30. The molecule has 6 nitrogen and oxygen atoms in total. The van der Waals surface area contributed by atoms with E-state index in [2.05, 4.69) is 15.6 Å². The van der Waals surface area contributed by atoms with Crippen LogP contribution in [0.15, 0.2) is 27.9 Å². The molecule has 2 aromatic rings. The topological polar surface area (TPSA) is 76.7 Å². The minimum absolute atomic E-state index is 0.251. The molecule has 0 saturated carbocycles. The zero-order valence-electron chi connectivity index (χ0n) is 13.1. The van der Waals surface area contributed by atoms with Crippen molar-refractivity contribution >= 4 is 34.8 Å². The van der Waals surface area contributed by atoms with Gasteiger partial charge < -0.3 is 14.7 Å². The molecule has 3 rings (SSSR count). The van der Waals surface area contributed by atoms with E-state index in [1.54, 1.807) is 25.1 Å². The summed E-state index contributed by atoms with van der Waals surface area (Å²) in [6, 6.07) is 5.11. The summed E-state index contributed by atoms with van der Waals surface area (Å²) in [5, 5.41) is 11.7. The van der Waals surface area contributed by atoms with Crippen LogP contribution in [0.5, 0.6) is 0 Å². The molecule has 1 aromatic carbocycles. The summed E-state index contributed by atoms with van der Waals surface area (Å²) in [7, 11) is 0. The van der Waals surface area contributed by atoms with E-state index in [0.717, 1.165) is 11.3 Å². The van der Waals surface area contributed by atoms with E-state index in [0.29, 0.717) is 40.0 Å². The SMILES string of the molecule is Cc1noc(C)c1CNC(=O)C1CC(c2ccc(Cl)cc2Cl)=NO1. The van der Waals surface area contributed by atoms with Crippen molar-refractivity contribution in [1.29, 1.82) is 0 Å². The summed E-state index contributed by atoms with van der Waals surface area (Å²) < 4.78 is 5.07. The zero-order chi connectivity index (χ0) is 17.3. The molecule has 1 aliphatic rings. The fourth-order valence-corrected chi connectivity index (χ4v) is 2.96. The van der Waals surface area contributed by atoms with Crippen LogP contribution in [0.1, 0.15) is 29.0 Å². The first-order chi connectivity index (χ1) is 11.5. The Bertz CT molecular complexity index is 797. The standard InChI is InChI=1S/C16H15Cl2N3O3/c1-8-12(9(2)23-20-8)7-19-16(22)15-6-14(21-24-15)11-4-3-10(17)5-13(11)18/h3-5,15H,6-7H2,1-2H3,(H,19,22). The van der Waals surface area contributed by atoms with Crippen molar-refractivity contribution in [2.24, 2.45) is 5.16 Å². The van der Waals surface area contributed by atoms with Gasteiger partial charge in [0.2, 0.25) is 6.10 Å². The molecule has 0 spiro atoms. The molecular weight excluding hydrogens is 353 g/mol. The van der Waals surface area contributed by atoms with Crippen molar-refractivity contribution in [2.45, 2.75) is 32.9 Å². The molecule has 8 heteroatoms. The molecule has 24 heavy (non-hydrogen) atoms. The van der Waals surface area contributed by atoms with E-state index >= 15 is 0 Å². The molecular formula is C16H15Cl2N3O3. The first-order valence-corrected chi connectivity index (χ1v) is 8.09. The molecule has 1 atom stereocenters. The fraction of sp³-hybridized carbons (Fsp3) is 0.312. The third kappa shape index (κ3) is 3.39. The van der Waals surface area contributed by atoms with Gasteiger partial charge in [-0.2, -0.15) is 0 Å². The fourth-order valence-electron chi connectivity index (χ4n) is 2.44. The molecule has 1 aliphatic heterocycles. The Labute approximate surface area is 148 Å². The van der Waals surface area contributed by atoms with Gasteiger partial charge in [-0.1, -0.05) is 39.6 Å². The Balaban J connectivity index is 1.61. The smallest absolute Gasteiger partial charge is 0.264 e. The number of hydrogen-bond acceptors (Lipinski definition) is 5. The van der Waals surface area contributed by atoms with Gasteiger partial charge in [-0.25, -0.2) is 0 Å². The van der Waals surface area contributed by atoms with Crippen LogP contribution in [0.25, 0.3) is 0 Å². The molecule has 0 bridgehead atoms. The van der Waals surface area contributed by atoms with Gasteiger partial charge in [0.05, 0.1) is 16.4 Å². The maximum Gasteiger partial charge on any atom is 0.264 e. The maximum atomic E-state index is 12.3. The number of aromatic nitrogens is 1. The van der Waals surface area contributed by atoms with Gasteiger partial charge in [0.15, 0.2) is 0 Å². The van der Waals surface area contributed by atoms with Crippen molar-refractivity contribution < 1.29 is 14.2 Å². The lowest BCUT2D eigenvalue weighted by Gasteiger charge is -2.09. The average molecular weight is 368 g/mol. The number of amides is 1. The largest absolute Gasteiger partial charge is 0.382 e. The van der Waals surface area contributed by atoms with Crippen LogP contribution < -0.4 is 5.32 Å². The lowest BCUT2D eigenvalue weighted by molar-refractivity contribution is -0.131. The molecule has 0 radical (unpaired) electrons. The molecule has 1 aromatic heterocycles. The number of halogens is 2. The predicted octanol–water partition coefficient (Wildman–Crippen LogP) is 3.41. The number of carbonyl (C=O) groups is 1. The summed E-state index contributed by atoms with van der Waals surface area (Å²) in [5.41, 5.74) is 2.95. The van der Waals surface area contributed by atoms with Crippen molar-refractivity contribution in [1.82, 2.24) is 10.5 Å². The van der Waals surface area contributed by atoms with Crippen LogP contribution in [0, 0.1) is 13.8 Å². The lowest BCUT2D eigenvalue weighted by Crippen LogP contribution is -2.34. The summed E-state index contributed by atoms with van der Waals surface area (Å²) in [5.74, 6) is 0.434. The second kappa shape index (κ2) is 6.83. The van der Waals surface area contributed by atoms with E-state index in [-0.39, 0.29) is 5.91 Å². The number of nitrogens with zero attached hydrogens (tertiary/aromatic N) is 2. The van der Waals surface area contributed by atoms with Crippen LogP contribution in [0.4, 0.5) is 0 Å². The van der Waals surface area contributed by atoms with Gasteiger partial charge in [-0.05, 0) is 26.0 Å². The molecule has 0 saturated heterocycles. The van der Waals surface area contributed by atoms with Crippen molar-refractivity contribution in [3.05, 3.63) is 50.8 Å². The summed E-state index contributed by atoms with van der Waals surface area (Å²) >= 11 is 12.0. The highest BCUT2D eigenvalue weighted by molar-refractivity contribution is 6.37. The molecule has 1 N–H and O–H groups in total. The van der Waals surface area contributed by atoms with E-state index < -0.39 is 6.10 Å². The van der Waals surface area contributed by atoms with E-state index in [9.17, 15) is 4.79 Å². The Morgan fingerprint density at radius 2 is 2.17 bits per heavy atom. The van der Waals surface area contributed by atoms with Gasteiger partial charge >= 0.3 is 0 Å². The maximum absolute atomic E-state index is 12.3. The van der Waals surface area contributed by atoms with Gasteiger partial charge in [0.1, 0.15) is 5.76 Å². The van der Waals surface area contributed by atoms with Gasteiger partial charge in [0.25, 0.3) is 5.91 Å². The summed E-state index contributed by atoms with van der Waals surface area (Å²) in [4.78, 5) is 17.5. The van der Waals surface area contributed by atoms with Gasteiger partial charge in [0, 0.05) is 29.1 Å². The second-order valence-electron chi connectivity index (χ2n) is 5.48. The van der Waals surface area contributed by atoms with Gasteiger partial charge in [-0.15, -0.1) is 0 Å². The normalized spacial score (nSPS) is 16.7. The van der Waals surface area contributed by atoms with E-state index in [4.69, 9.17) is 32.6 Å². The van der Waals surface area contributed by atoms with Crippen LogP contribution in [-0.4, -0.2) is 22.9 Å². The zero-order valence-corrected chi connectivity index (χ0v) is 14.6. The minimum Gasteiger partial charge on any atom is -0.382 e. The number of carbonyl (C=O) groups excluding carboxylic acids is 1. The summed E-state index contributed by atoms with van der Waals surface area (Å²) in [6.07, 6.45) is -0.346. The summed E-state index contributed by atoms with van der Waals surface area (Å²) in [6.45, 7) is 3.96. The first-order valence-electron chi connectivity index (χ1n) is 7.33. The predicted molar refractivity (Wildman–Crippen MR) is 90.3 cm³/mol. The number of oxime groups is 1. The third-order valence-corrected chi connectivity index (χ3v) is 4.37. The van der Waals surface area contributed by atoms with Crippen LogP contribution in [-0.2, 0) is 16.2 Å². The van der Waals surface area contributed by atoms with Crippen molar-refractivity contribution in [3.8, 4) is 0 Å².